The second-order valence-corrected chi connectivity index (χ2v) is 6.47. The van der Waals surface area contributed by atoms with Crippen molar-refractivity contribution >= 4 is 17.3 Å². The molecule has 0 saturated carbocycles. The van der Waals surface area contributed by atoms with Gasteiger partial charge in [-0.05, 0) is 54.4 Å². The molecule has 136 valence electrons. The van der Waals surface area contributed by atoms with Gasteiger partial charge in [0.05, 0.1) is 0 Å². The Labute approximate surface area is 157 Å². The number of para-hydroxylation sites is 1. The predicted octanol–water partition coefficient (Wildman–Crippen LogP) is 4.24. The van der Waals surface area contributed by atoms with Gasteiger partial charge in [0.1, 0.15) is 18.1 Å². The average molecular weight is 360 g/mol. The van der Waals surface area contributed by atoms with Gasteiger partial charge in [0, 0.05) is 23.0 Å². The molecule has 1 aliphatic heterocycles. The Balaban J connectivity index is 1.63. The first kappa shape index (κ1) is 17.0. The lowest BCUT2D eigenvalue weighted by Crippen LogP contribution is -2.30. The topological polar surface area (TPSA) is 73.6 Å². The fourth-order valence-electron chi connectivity index (χ4n) is 3.05. The maximum atomic E-state index is 11.2. The van der Waals surface area contributed by atoms with E-state index in [4.69, 9.17) is 15.2 Å². The lowest BCUT2D eigenvalue weighted by atomic mass is 9.96. The minimum atomic E-state index is -0.694. The van der Waals surface area contributed by atoms with Crippen LogP contribution in [-0.2, 0) is 11.4 Å². The summed E-state index contributed by atoms with van der Waals surface area (Å²) in [6, 6.07) is 21.9. The van der Waals surface area contributed by atoms with Crippen LogP contribution in [0.1, 0.15) is 12.5 Å². The fourth-order valence-corrected chi connectivity index (χ4v) is 3.05. The quantitative estimate of drug-likeness (QED) is 0.714. The zero-order valence-corrected chi connectivity index (χ0v) is 14.9. The number of carbonyl (C=O) groups is 1. The number of amides is 1. The lowest BCUT2D eigenvalue weighted by molar-refractivity contribution is -0.123. The van der Waals surface area contributed by atoms with Crippen LogP contribution >= 0.6 is 0 Å². The van der Waals surface area contributed by atoms with Crippen LogP contribution < -0.4 is 20.5 Å². The number of anilines is 2. The van der Waals surface area contributed by atoms with Crippen LogP contribution in [-0.4, -0.2) is 12.0 Å². The van der Waals surface area contributed by atoms with Gasteiger partial charge in [0.2, 0.25) is 0 Å². The van der Waals surface area contributed by atoms with E-state index in [0.717, 1.165) is 33.8 Å². The summed E-state index contributed by atoms with van der Waals surface area (Å²) in [6.45, 7) is 2.11. The van der Waals surface area contributed by atoms with Crippen molar-refractivity contribution in [2.24, 2.45) is 5.73 Å². The van der Waals surface area contributed by atoms with E-state index in [2.05, 4.69) is 17.4 Å². The molecule has 0 spiro atoms. The molecule has 0 aromatic heterocycles. The molecule has 27 heavy (non-hydrogen) atoms. The van der Waals surface area contributed by atoms with E-state index in [1.807, 2.05) is 48.5 Å². The Hall–Kier alpha value is -3.47. The van der Waals surface area contributed by atoms with E-state index in [-0.39, 0.29) is 0 Å². The first-order valence-corrected chi connectivity index (χ1v) is 8.78. The highest BCUT2D eigenvalue weighted by Crippen LogP contribution is 2.41. The number of ether oxygens (including phenoxy) is 2. The van der Waals surface area contributed by atoms with Crippen molar-refractivity contribution in [3.63, 3.8) is 0 Å². The SMILES string of the molecule is C[C@H](Oc1ccc2c(c1)OCc1ccc(Nc3ccccc3)cc1-2)C(N)=O. The van der Waals surface area contributed by atoms with E-state index < -0.39 is 12.0 Å². The lowest BCUT2D eigenvalue weighted by Gasteiger charge is -2.23. The summed E-state index contributed by atoms with van der Waals surface area (Å²) in [4.78, 5) is 11.2. The largest absolute Gasteiger partial charge is 0.488 e. The van der Waals surface area contributed by atoms with Crippen molar-refractivity contribution in [1.29, 1.82) is 0 Å². The molecule has 3 aromatic rings. The molecule has 0 bridgehead atoms. The number of nitrogens with two attached hydrogens (primary N) is 1. The molecule has 1 heterocycles. The first-order chi connectivity index (χ1) is 13.1. The Morgan fingerprint density at radius 3 is 2.63 bits per heavy atom. The van der Waals surface area contributed by atoms with Crippen molar-refractivity contribution in [2.45, 2.75) is 19.6 Å². The van der Waals surface area contributed by atoms with Gasteiger partial charge in [-0.1, -0.05) is 24.3 Å². The standard InChI is InChI=1S/C22H20N2O3/c1-14(22(23)25)27-18-9-10-19-20-11-17(24-16-5-3-2-4-6-16)8-7-15(20)13-26-21(19)12-18/h2-12,14,24H,13H2,1H3,(H2,23,25)/t14-/m0/s1. The molecule has 1 amide bonds. The molecule has 5 nitrogen and oxygen atoms in total. The molecular weight excluding hydrogens is 340 g/mol. The second kappa shape index (κ2) is 7.03. The normalized spacial score (nSPS) is 12.9. The second-order valence-electron chi connectivity index (χ2n) is 6.47. The summed E-state index contributed by atoms with van der Waals surface area (Å²) in [5.74, 6) is 0.784. The molecule has 0 radical (unpaired) electrons. The van der Waals surface area contributed by atoms with Crippen LogP contribution in [0.2, 0.25) is 0 Å². The van der Waals surface area contributed by atoms with E-state index in [0.29, 0.717) is 12.4 Å². The van der Waals surface area contributed by atoms with E-state index in [1.54, 1.807) is 13.0 Å². The third-order valence-electron chi connectivity index (χ3n) is 4.51. The zero-order chi connectivity index (χ0) is 18.8. The van der Waals surface area contributed by atoms with Gasteiger partial charge in [-0.2, -0.15) is 0 Å². The van der Waals surface area contributed by atoms with Crippen LogP contribution in [0.15, 0.2) is 66.7 Å². The number of hydrogen-bond donors (Lipinski definition) is 2. The van der Waals surface area contributed by atoms with E-state index >= 15 is 0 Å². The number of carbonyl (C=O) groups excluding carboxylic acids is 1. The number of primary amides is 1. The van der Waals surface area contributed by atoms with Gasteiger partial charge in [-0.3, -0.25) is 4.79 Å². The molecule has 5 heteroatoms. The molecule has 1 atom stereocenters. The van der Waals surface area contributed by atoms with Crippen LogP contribution in [0.4, 0.5) is 11.4 Å². The smallest absolute Gasteiger partial charge is 0.258 e. The minimum absolute atomic E-state index is 0.489. The summed E-state index contributed by atoms with van der Waals surface area (Å²) in [5, 5.41) is 3.42. The highest BCUT2D eigenvalue weighted by molar-refractivity contribution is 5.80. The third-order valence-corrected chi connectivity index (χ3v) is 4.51. The number of benzene rings is 3. The van der Waals surface area contributed by atoms with Crippen molar-refractivity contribution in [2.75, 3.05) is 5.32 Å². The highest BCUT2D eigenvalue weighted by Gasteiger charge is 2.19. The third kappa shape index (κ3) is 3.58. The van der Waals surface area contributed by atoms with Gasteiger partial charge in [0.25, 0.3) is 5.91 Å². The molecule has 0 unspecified atom stereocenters. The van der Waals surface area contributed by atoms with Crippen LogP contribution in [0, 0.1) is 0 Å². The number of hydrogen-bond acceptors (Lipinski definition) is 4. The summed E-state index contributed by atoms with van der Waals surface area (Å²) < 4.78 is 11.4. The molecular formula is C22H20N2O3. The molecule has 0 fully saturated rings. The summed E-state index contributed by atoms with van der Waals surface area (Å²) in [7, 11) is 0. The monoisotopic (exact) mass is 360 g/mol. The van der Waals surface area contributed by atoms with Crippen molar-refractivity contribution in [1.82, 2.24) is 0 Å². The summed E-state index contributed by atoms with van der Waals surface area (Å²) in [6.07, 6.45) is -0.694. The number of rotatable bonds is 5. The molecule has 4 rings (SSSR count). The van der Waals surface area contributed by atoms with E-state index in [9.17, 15) is 4.79 Å². The summed E-state index contributed by atoms with van der Waals surface area (Å²) >= 11 is 0. The number of nitrogens with one attached hydrogen (secondary N) is 1. The van der Waals surface area contributed by atoms with Crippen LogP contribution in [0.25, 0.3) is 11.1 Å². The maximum Gasteiger partial charge on any atom is 0.258 e. The zero-order valence-electron chi connectivity index (χ0n) is 14.9. The maximum absolute atomic E-state index is 11.2. The van der Waals surface area contributed by atoms with Crippen molar-refractivity contribution in [3.05, 3.63) is 72.3 Å². The molecule has 3 aromatic carbocycles. The molecule has 0 aliphatic carbocycles. The van der Waals surface area contributed by atoms with Gasteiger partial charge >= 0.3 is 0 Å². The van der Waals surface area contributed by atoms with Gasteiger partial charge in [-0.15, -0.1) is 0 Å². The van der Waals surface area contributed by atoms with Gasteiger partial charge < -0.3 is 20.5 Å². The first-order valence-electron chi connectivity index (χ1n) is 8.78. The Bertz CT molecular complexity index is 986. The van der Waals surface area contributed by atoms with Gasteiger partial charge in [-0.25, -0.2) is 0 Å². The van der Waals surface area contributed by atoms with E-state index in [1.165, 1.54) is 0 Å². The van der Waals surface area contributed by atoms with Crippen molar-refractivity contribution < 1.29 is 14.3 Å². The molecule has 0 saturated heterocycles. The average Bonchev–Trinajstić information content (AvgIpc) is 2.68. The Morgan fingerprint density at radius 2 is 1.85 bits per heavy atom. The van der Waals surface area contributed by atoms with Gasteiger partial charge in [0.15, 0.2) is 6.10 Å². The Morgan fingerprint density at radius 1 is 1.04 bits per heavy atom. The highest BCUT2D eigenvalue weighted by atomic mass is 16.5. The molecule has 1 aliphatic rings. The summed E-state index contributed by atoms with van der Waals surface area (Å²) in [5.41, 5.74) is 10.5. The predicted molar refractivity (Wildman–Crippen MR) is 105 cm³/mol. The van der Waals surface area contributed by atoms with Crippen molar-refractivity contribution in [3.8, 4) is 22.6 Å². The molecule has 3 N–H and O–H groups in total. The minimum Gasteiger partial charge on any atom is -0.488 e. The fraction of sp³-hybridized carbons (Fsp3) is 0.136. The van der Waals surface area contributed by atoms with Crippen LogP contribution in [0.5, 0.6) is 11.5 Å². The van der Waals surface area contributed by atoms with Crippen LogP contribution in [0.3, 0.4) is 0 Å². The Kier molecular flexibility index (Phi) is 4.42. The number of fused-ring (bicyclic) bond motifs is 3.